The third-order valence-corrected chi connectivity index (χ3v) is 5.35. The molecule has 1 saturated heterocycles. The number of non-ortho nitro benzene ring substituents is 1. The number of aromatic nitrogens is 3. The van der Waals surface area contributed by atoms with Gasteiger partial charge in [0.2, 0.25) is 0 Å². The minimum atomic E-state index is -0.497. The van der Waals surface area contributed by atoms with Crippen LogP contribution in [0, 0.1) is 10.1 Å². The van der Waals surface area contributed by atoms with Crippen molar-refractivity contribution in [1.29, 1.82) is 0 Å². The minimum Gasteiger partial charge on any atom is -0.447 e. The van der Waals surface area contributed by atoms with Gasteiger partial charge in [0, 0.05) is 30.8 Å². The fraction of sp³-hybridized carbons (Fsp3) is 0.250. The van der Waals surface area contributed by atoms with Crippen LogP contribution in [0.2, 0.25) is 0 Å². The Morgan fingerprint density at radius 1 is 1.00 bits per heavy atom. The Labute approximate surface area is 171 Å². The summed E-state index contributed by atoms with van der Waals surface area (Å²) in [5, 5.41) is 20.0. The number of carbonyl (C=O) groups excluding carboxylic acids is 1. The Balaban J connectivity index is 1.50. The number of amides is 1. The van der Waals surface area contributed by atoms with E-state index in [2.05, 4.69) is 19.7 Å². The molecule has 0 unspecified atom stereocenters. The van der Waals surface area contributed by atoms with Crippen LogP contribution in [0.3, 0.4) is 0 Å². The Kier molecular flexibility index (Phi) is 4.31. The van der Waals surface area contributed by atoms with Gasteiger partial charge < -0.3 is 14.2 Å². The van der Waals surface area contributed by atoms with Crippen molar-refractivity contribution in [2.45, 2.75) is 13.1 Å². The normalized spacial score (nSPS) is 15.8. The van der Waals surface area contributed by atoms with E-state index in [-0.39, 0.29) is 12.3 Å². The molecule has 10 heteroatoms. The number of nitro benzene ring substituents is 1. The second-order valence-corrected chi connectivity index (χ2v) is 7.08. The summed E-state index contributed by atoms with van der Waals surface area (Å²) in [5.41, 5.74) is 2.14. The first-order valence-electron chi connectivity index (χ1n) is 9.57. The van der Waals surface area contributed by atoms with Gasteiger partial charge in [0.25, 0.3) is 5.69 Å². The van der Waals surface area contributed by atoms with Crippen LogP contribution in [-0.2, 0) is 17.8 Å². The molecule has 30 heavy (non-hydrogen) atoms. The summed E-state index contributed by atoms with van der Waals surface area (Å²) < 4.78 is 7.13. The molecular weight excluding hydrogens is 388 g/mol. The first-order valence-corrected chi connectivity index (χ1v) is 9.57. The summed E-state index contributed by atoms with van der Waals surface area (Å²) >= 11 is 0. The maximum atomic E-state index is 12.1. The number of carbonyl (C=O) groups is 1. The van der Waals surface area contributed by atoms with E-state index in [0.717, 1.165) is 22.9 Å². The first-order chi connectivity index (χ1) is 14.6. The predicted molar refractivity (Wildman–Crippen MR) is 108 cm³/mol. The van der Waals surface area contributed by atoms with Crippen molar-refractivity contribution in [2.24, 2.45) is 0 Å². The van der Waals surface area contributed by atoms with Gasteiger partial charge in [-0.05, 0) is 6.07 Å². The Morgan fingerprint density at radius 3 is 2.57 bits per heavy atom. The Morgan fingerprint density at radius 2 is 1.83 bits per heavy atom. The van der Waals surface area contributed by atoms with Crippen molar-refractivity contribution >= 4 is 23.2 Å². The molecule has 3 aromatic rings. The van der Waals surface area contributed by atoms with E-state index in [1.54, 1.807) is 6.07 Å². The Bertz CT molecular complexity index is 1130. The fourth-order valence-corrected chi connectivity index (χ4v) is 3.89. The summed E-state index contributed by atoms with van der Waals surface area (Å²) in [6, 6.07) is 14.4. The number of cyclic esters (lactones) is 1. The zero-order valence-electron chi connectivity index (χ0n) is 16.0. The lowest BCUT2D eigenvalue weighted by Gasteiger charge is -2.32. The molecule has 2 aromatic carbocycles. The molecule has 0 bridgehead atoms. The highest BCUT2D eigenvalue weighted by molar-refractivity contribution is 5.94. The molecule has 152 valence electrons. The highest BCUT2D eigenvalue weighted by atomic mass is 16.6. The number of ether oxygens (including phenoxy) is 1. The van der Waals surface area contributed by atoms with E-state index >= 15 is 0 Å². The zero-order valence-corrected chi connectivity index (χ0v) is 16.0. The molecule has 0 spiro atoms. The van der Waals surface area contributed by atoms with Crippen LogP contribution in [0.1, 0.15) is 5.82 Å². The first kappa shape index (κ1) is 18.1. The third-order valence-electron chi connectivity index (χ3n) is 5.35. The molecule has 10 nitrogen and oxygen atoms in total. The van der Waals surface area contributed by atoms with Gasteiger partial charge in [0.05, 0.1) is 29.4 Å². The maximum Gasteiger partial charge on any atom is 0.414 e. The van der Waals surface area contributed by atoms with Gasteiger partial charge in [-0.3, -0.25) is 15.0 Å². The van der Waals surface area contributed by atoms with Gasteiger partial charge in [-0.15, -0.1) is 10.2 Å². The van der Waals surface area contributed by atoms with Crippen LogP contribution >= 0.6 is 0 Å². The maximum absolute atomic E-state index is 12.1. The van der Waals surface area contributed by atoms with E-state index in [1.807, 2.05) is 30.3 Å². The van der Waals surface area contributed by atoms with Crippen LogP contribution < -0.4 is 9.80 Å². The molecule has 1 fully saturated rings. The summed E-state index contributed by atoms with van der Waals surface area (Å²) in [4.78, 5) is 26.4. The molecule has 1 aromatic heterocycles. The van der Waals surface area contributed by atoms with Crippen molar-refractivity contribution in [3.8, 4) is 11.4 Å². The van der Waals surface area contributed by atoms with Crippen LogP contribution in [0.15, 0.2) is 48.5 Å². The molecule has 0 N–H and O–H groups in total. The number of benzene rings is 2. The molecule has 0 aliphatic carbocycles. The molecule has 0 radical (unpaired) electrons. The highest BCUT2D eigenvalue weighted by Crippen LogP contribution is 2.36. The number of anilines is 2. The van der Waals surface area contributed by atoms with Gasteiger partial charge >= 0.3 is 6.09 Å². The van der Waals surface area contributed by atoms with Crippen molar-refractivity contribution in [1.82, 2.24) is 14.8 Å². The van der Waals surface area contributed by atoms with Crippen molar-refractivity contribution in [3.63, 3.8) is 0 Å². The van der Waals surface area contributed by atoms with Gasteiger partial charge in [0.15, 0.2) is 11.6 Å². The number of fused-ring (bicyclic) bond motifs is 1. The quantitative estimate of drug-likeness (QED) is 0.484. The number of hydrogen-bond acceptors (Lipinski definition) is 7. The monoisotopic (exact) mass is 406 g/mol. The van der Waals surface area contributed by atoms with Crippen molar-refractivity contribution < 1.29 is 14.5 Å². The smallest absolute Gasteiger partial charge is 0.414 e. The lowest BCUT2D eigenvalue weighted by molar-refractivity contribution is -0.384. The second kappa shape index (κ2) is 7.14. The molecule has 2 aliphatic heterocycles. The van der Waals surface area contributed by atoms with Crippen LogP contribution in [0.25, 0.3) is 11.4 Å². The lowest BCUT2D eigenvalue weighted by atomic mass is 10.1. The molecular formula is C20H18N6O4. The minimum absolute atomic E-state index is 0.0695. The van der Waals surface area contributed by atoms with E-state index in [1.165, 1.54) is 17.0 Å². The predicted octanol–water partition coefficient (Wildman–Crippen LogP) is 2.83. The molecule has 0 atom stereocenters. The zero-order chi connectivity index (χ0) is 20.7. The Hall–Kier alpha value is -3.95. The van der Waals surface area contributed by atoms with Crippen LogP contribution in [0.4, 0.5) is 21.9 Å². The standard InChI is InChI=1S/C20H18N6O4/c27-20-24(10-11-30-20)17-12-15(26(28)29)6-7-16(17)23-8-9-25-18(13-23)21-22-19(25)14-4-2-1-3-5-14/h1-7,12H,8-11,13H2. The second-order valence-electron chi connectivity index (χ2n) is 7.08. The van der Waals surface area contributed by atoms with E-state index in [9.17, 15) is 14.9 Å². The molecule has 1 amide bonds. The van der Waals surface area contributed by atoms with Crippen LogP contribution in [0.5, 0.6) is 0 Å². The topological polar surface area (TPSA) is 107 Å². The summed E-state index contributed by atoms with van der Waals surface area (Å²) in [5.74, 6) is 1.62. The molecule has 3 heterocycles. The summed E-state index contributed by atoms with van der Waals surface area (Å²) in [6.45, 7) is 2.41. The fourth-order valence-electron chi connectivity index (χ4n) is 3.89. The number of rotatable bonds is 4. The van der Waals surface area contributed by atoms with E-state index in [4.69, 9.17) is 4.74 Å². The largest absolute Gasteiger partial charge is 0.447 e. The highest BCUT2D eigenvalue weighted by Gasteiger charge is 2.31. The van der Waals surface area contributed by atoms with E-state index < -0.39 is 11.0 Å². The summed E-state index contributed by atoms with van der Waals surface area (Å²) in [7, 11) is 0. The SMILES string of the molecule is O=C1OCCN1c1cc([N+](=O)[O-])ccc1N1CCn2c(nnc2-c2ccccc2)C1. The number of nitro groups is 1. The van der Waals surface area contributed by atoms with E-state index in [0.29, 0.717) is 31.9 Å². The average Bonchev–Trinajstić information content (AvgIpc) is 3.39. The van der Waals surface area contributed by atoms with Crippen LogP contribution in [-0.4, -0.2) is 45.5 Å². The molecule has 5 rings (SSSR count). The number of nitrogens with zero attached hydrogens (tertiary/aromatic N) is 6. The number of hydrogen-bond donors (Lipinski definition) is 0. The lowest BCUT2D eigenvalue weighted by Crippen LogP contribution is -2.36. The van der Waals surface area contributed by atoms with Gasteiger partial charge in [-0.1, -0.05) is 30.3 Å². The van der Waals surface area contributed by atoms with Gasteiger partial charge in [-0.25, -0.2) is 4.79 Å². The van der Waals surface area contributed by atoms with Gasteiger partial charge in [0.1, 0.15) is 6.61 Å². The van der Waals surface area contributed by atoms with Crippen molar-refractivity contribution in [3.05, 3.63) is 64.5 Å². The van der Waals surface area contributed by atoms with Crippen molar-refractivity contribution in [2.75, 3.05) is 29.5 Å². The van der Waals surface area contributed by atoms with Gasteiger partial charge in [-0.2, -0.15) is 0 Å². The third kappa shape index (κ3) is 3.02. The summed E-state index contributed by atoms with van der Waals surface area (Å²) in [6.07, 6.45) is -0.497. The average molecular weight is 406 g/mol. The molecule has 2 aliphatic rings. The molecule has 0 saturated carbocycles.